The van der Waals surface area contributed by atoms with Crippen molar-refractivity contribution in [1.29, 1.82) is 0 Å². The van der Waals surface area contributed by atoms with Crippen LogP contribution in [-0.2, 0) is 14.9 Å². The van der Waals surface area contributed by atoms with Gasteiger partial charge < -0.3 is 0 Å². The third-order valence-electron chi connectivity index (χ3n) is 1.96. The lowest BCUT2D eigenvalue weighted by Crippen LogP contribution is -2.64. The Morgan fingerprint density at radius 1 is 1.62 bits per heavy atom. The molecule has 0 aromatic rings. The van der Waals surface area contributed by atoms with E-state index in [2.05, 4.69) is 5.43 Å². The monoisotopic (exact) mass is 208 g/mol. The van der Waals surface area contributed by atoms with Crippen LogP contribution in [0.2, 0.25) is 0 Å². The lowest BCUT2D eigenvalue weighted by Gasteiger charge is -2.44. The predicted octanol–water partition coefficient (Wildman–Crippen LogP) is -0.654. The van der Waals surface area contributed by atoms with Gasteiger partial charge in [-0.25, -0.2) is 0 Å². The second-order valence-electron chi connectivity index (χ2n) is 3.13. The summed E-state index contributed by atoms with van der Waals surface area (Å²) in [7, 11) is -4.08. The highest BCUT2D eigenvalue weighted by Gasteiger charge is 2.44. The molecule has 1 aliphatic heterocycles. The first kappa shape index (κ1) is 10.4. The van der Waals surface area contributed by atoms with Gasteiger partial charge in [-0.1, -0.05) is 0 Å². The fourth-order valence-electron chi connectivity index (χ4n) is 1.29. The number of hydrogen-bond donors (Lipinski definition) is 2. The Morgan fingerprint density at radius 2 is 2.15 bits per heavy atom. The number of nitrogens with zero attached hydrogens (tertiary/aromatic N) is 1. The molecule has 0 spiro atoms. The predicted molar refractivity (Wildman–Crippen MR) is 45.1 cm³/mol. The van der Waals surface area contributed by atoms with Crippen molar-refractivity contribution in [3.63, 3.8) is 0 Å². The van der Waals surface area contributed by atoms with E-state index in [1.165, 1.54) is 11.9 Å². The maximum atomic E-state index is 10.7. The van der Waals surface area contributed by atoms with Crippen LogP contribution in [0.15, 0.2) is 0 Å². The minimum absolute atomic E-state index is 0.0594. The van der Waals surface area contributed by atoms with Gasteiger partial charge in [-0.2, -0.15) is 13.4 Å². The van der Waals surface area contributed by atoms with Crippen molar-refractivity contribution in [3.8, 4) is 0 Å². The van der Waals surface area contributed by atoms with Crippen molar-refractivity contribution in [1.82, 2.24) is 10.4 Å². The number of carbonyl (C=O) groups excluding carboxylic acids is 1. The van der Waals surface area contributed by atoms with Crippen LogP contribution in [0.25, 0.3) is 0 Å². The maximum Gasteiger partial charge on any atom is 0.283 e. The van der Waals surface area contributed by atoms with Crippen molar-refractivity contribution >= 4 is 16.0 Å². The van der Waals surface area contributed by atoms with Gasteiger partial charge in [0.05, 0.1) is 0 Å². The molecular weight excluding hydrogens is 196 g/mol. The van der Waals surface area contributed by atoms with E-state index in [0.717, 1.165) is 0 Å². The zero-order valence-electron chi connectivity index (χ0n) is 7.39. The summed E-state index contributed by atoms with van der Waals surface area (Å²) < 4.78 is 30.1. The van der Waals surface area contributed by atoms with E-state index in [1.54, 1.807) is 6.92 Å². The number of nitrogens with one attached hydrogen (secondary N) is 1. The Kier molecular flexibility index (Phi) is 2.60. The molecule has 0 radical (unpaired) electrons. The summed E-state index contributed by atoms with van der Waals surface area (Å²) >= 11 is 0. The van der Waals surface area contributed by atoms with E-state index in [0.29, 0.717) is 6.42 Å². The molecule has 0 aromatic carbocycles. The topological polar surface area (TPSA) is 86.7 Å². The summed E-state index contributed by atoms with van der Waals surface area (Å²) in [6.45, 7) is 3.05. The number of hydrazine groups is 1. The molecule has 0 aromatic heterocycles. The Morgan fingerprint density at radius 3 is 2.46 bits per heavy atom. The van der Waals surface area contributed by atoms with Crippen molar-refractivity contribution in [2.24, 2.45) is 0 Å². The first-order valence-corrected chi connectivity index (χ1v) is 5.34. The molecular formula is C6H12N2O4S. The Bertz CT molecular complexity index is 313. The molecule has 13 heavy (non-hydrogen) atoms. The van der Waals surface area contributed by atoms with Gasteiger partial charge in [0, 0.05) is 13.0 Å². The average Bonchev–Trinajstić information content (AvgIpc) is 1.93. The highest BCUT2D eigenvalue weighted by Crippen LogP contribution is 2.26. The normalized spacial score (nSPS) is 29.5. The molecule has 1 amide bonds. The second kappa shape index (κ2) is 3.24. The largest absolute Gasteiger partial charge is 0.288 e. The molecule has 0 aliphatic carbocycles. The fraction of sp³-hybridized carbons (Fsp3) is 0.833. The van der Waals surface area contributed by atoms with Crippen molar-refractivity contribution in [2.75, 3.05) is 0 Å². The molecule has 1 rings (SSSR count). The van der Waals surface area contributed by atoms with E-state index < -0.39 is 15.5 Å². The van der Waals surface area contributed by atoms with Gasteiger partial charge in [0.15, 0.2) is 5.37 Å². The molecule has 76 valence electrons. The van der Waals surface area contributed by atoms with E-state index in [4.69, 9.17) is 4.55 Å². The molecule has 1 saturated heterocycles. The van der Waals surface area contributed by atoms with Gasteiger partial charge in [0.25, 0.3) is 10.1 Å². The molecule has 2 atom stereocenters. The molecule has 0 saturated carbocycles. The molecule has 7 heteroatoms. The maximum absolute atomic E-state index is 10.7. The Labute approximate surface area is 76.6 Å². The first-order valence-electron chi connectivity index (χ1n) is 3.84. The number of hydrogen-bond acceptors (Lipinski definition) is 4. The molecule has 0 bridgehead atoms. The average molecular weight is 208 g/mol. The SMILES string of the molecule is CC(=O)NN1C(C)CC1S(=O)(=O)O. The standard InChI is InChI=1S/C6H12N2O4S/c1-4-3-6(13(10,11)12)8(4)7-5(2)9/h4,6H,3H2,1-2H3,(H,7,9)(H,10,11,12). The summed E-state index contributed by atoms with van der Waals surface area (Å²) in [6.07, 6.45) is 0.332. The van der Waals surface area contributed by atoms with Gasteiger partial charge in [0.2, 0.25) is 5.91 Å². The summed E-state index contributed by atoms with van der Waals surface area (Å²) in [6, 6.07) is -0.0594. The first-order chi connectivity index (χ1) is 5.82. The van der Waals surface area contributed by atoms with Gasteiger partial charge in [-0.3, -0.25) is 14.8 Å². The van der Waals surface area contributed by atoms with E-state index in [9.17, 15) is 13.2 Å². The van der Waals surface area contributed by atoms with Crippen molar-refractivity contribution in [2.45, 2.75) is 31.7 Å². The Balaban J connectivity index is 2.67. The zero-order valence-corrected chi connectivity index (χ0v) is 8.21. The highest BCUT2D eigenvalue weighted by molar-refractivity contribution is 7.86. The van der Waals surface area contributed by atoms with Gasteiger partial charge in [-0.05, 0) is 13.3 Å². The minimum atomic E-state index is -4.08. The zero-order chi connectivity index (χ0) is 10.2. The fourth-order valence-corrected chi connectivity index (χ4v) is 2.36. The summed E-state index contributed by atoms with van der Waals surface area (Å²) in [5, 5.41) is 0.240. The van der Waals surface area contributed by atoms with Crippen LogP contribution in [0, 0.1) is 0 Å². The molecule has 2 N–H and O–H groups in total. The van der Waals surface area contributed by atoms with Gasteiger partial charge >= 0.3 is 0 Å². The van der Waals surface area contributed by atoms with E-state index in [-0.39, 0.29) is 11.9 Å². The molecule has 1 heterocycles. The minimum Gasteiger partial charge on any atom is -0.288 e. The van der Waals surface area contributed by atoms with Crippen LogP contribution >= 0.6 is 0 Å². The Hall–Kier alpha value is -0.660. The summed E-state index contributed by atoms with van der Waals surface area (Å²) in [4.78, 5) is 10.6. The van der Waals surface area contributed by atoms with Crippen LogP contribution < -0.4 is 5.43 Å². The van der Waals surface area contributed by atoms with E-state index in [1.807, 2.05) is 0 Å². The van der Waals surface area contributed by atoms with Crippen LogP contribution in [0.5, 0.6) is 0 Å². The number of amides is 1. The quantitative estimate of drug-likeness (QED) is 0.589. The van der Waals surface area contributed by atoms with E-state index >= 15 is 0 Å². The van der Waals surface area contributed by atoms with Crippen molar-refractivity contribution < 1.29 is 17.8 Å². The molecule has 1 fully saturated rings. The lowest BCUT2D eigenvalue weighted by atomic mass is 10.1. The molecule has 2 unspecified atom stereocenters. The summed E-state index contributed by atoms with van der Waals surface area (Å²) in [5.41, 5.74) is 2.34. The van der Waals surface area contributed by atoms with Crippen molar-refractivity contribution in [3.05, 3.63) is 0 Å². The number of rotatable bonds is 2. The van der Waals surface area contributed by atoms with Gasteiger partial charge in [0.1, 0.15) is 0 Å². The molecule has 1 aliphatic rings. The number of carbonyl (C=O) groups is 1. The lowest BCUT2D eigenvalue weighted by molar-refractivity contribution is -0.128. The van der Waals surface area contributed by atoms with Crippen LogP contribution in [-0.4, -0.2) is 35.3 Å². The summed E-state index contributed by atoms with van der Waals surface area (Å²) in [5.74, 6) is -0.347. The van der Waals surface area contributed by atoms with Crippen LogP contribution in [0.3, 0.4) is 0 Å². The third-order valence-corrected chi connectivity index (χ3v) is 3.07. The highest BCUT2D eigenvalue weighted by atomic mass is 32.2. The second-order valence-corrected chi connectivity index (χ2v) is 4.70. The van der Waals surface area contributed by atoms with Crippen LogP contribution in [0.1, 0.15) is 20.3 Å². The third kappa shape index (κ3) is 2.17. The molecule has 6 nitrogen and oxygen atoms in total. The van der Waals surface area contributed by atoms with Gasteiger partial charge in [-0.15, -0.1) is 0 Å². The smallest absolute Gasteiger partial charge is 0.283 e. The van der Waals surface area contributed by atoms with Crippen LogP contribution in [0.4, 0.5) is 0 Å².